The summed E-state index contributed by atoms with van der Waals surface area (Å²) in [5, 5.41) is 22.7. The lowest BCUT2D eigenvalue weighted by atomic mass is 9.87. The standard InChI is InChI=1S/C28H34F2N6O3/c1-27(2,3)19-4-6-21(7-5-19)36(26(39)23-12-22(37)15-35(23)16-31)24(18-13-32-17-33-14-18)25(38)34-20-8-10-28(29,30)11-9-20/h4-7,13-14,17,20,22-24,37H,8-12,15H2,1-3H3,(H,34,38). The van der Waals surface area contributed by atoms with Crippen molar-refractivity contribution in [3.8, 4) is 6.19 Å². The number of aliphatic hydroxyl groups excluding tert-OH is 1. The molecule has 9 nitrogen and oxygen atoms in total. The lowest BCUT2D eigenvalue weighted by Gasteiger charge is -2.36. The summed E-state index contributed by atoms with van der Waals surface area (Å²) in [6.45, 7) is 6.17. The second-order valence-electron chi connectivity index (χ2n) is 11.4. The first-order chi connectivity index (χ1) is 18.4. The minimum Gasteiger partial charge on any atom is -0.391 e. The van der Waals surface area contributed by atoms with Gasteiger partial charge in [-0.1, -0.05) is 32.9 Å². The molecule has 2 aliphatic rings. The molecule has 11 heteroatoms. The Labute approximate surface area is 226 Å². The van der Waals surface area contributed by atoms with E-state index in [0.717, 1.165) is 5.56 Å². The van der Waals surface area contributed by atoms with Crippen LogP contribution < -0.4 is 10.2 Å². The summed E-state index contributed by atoms with van der Waals surface area (Å²) < 4.78 is 27.5. The molecule has 1 saturated heterocycles. The SMILES string of the molecule is CC(C)(C)c1ccc(N(C(=O)C2CC(O)CN2C#N)C(C(=O)NC2CCC(F)(F)CC2)c2cncnc2)cc1. The Morgan fingerprint density at radius 1 is 1.18 bits per heavy atom. The molecule has 1 aromatic heterocycles. The molecule has 2 aromatic rings. The average molecular weight is 541 g/mol. The van der Waals surface area contributed by atoms with E-state index >= 15 is 0 Å². The van der Waals surface area contributed by atoms with Gasteiger partial charge in [-0.15, -0.1) is 0 Å². The van der Waals surface area contributed by atoms with Crippen LogP contribution in [0.25, 0.3) is 0 Å². The lowest BCUT2D eigenvalue weighted by Crippen LogP contribution is -2.52. The number of rotatable bonds is 6. The maximum absolute atomic E-state index is 14.1. The van der Waals surface area contributed by atoms with E-state index in [1.165, 1.54) is 28.5 Å². The molecule has 0 radical (unpaired) electrons. The van der Waals surface area contributed by atoms with Crippen LogP contribution in [0.3, 0.4) is 0 Å². The average Bonchev–Trinajstić information content (AvgIpc) is 3.29. The number of aliphatic hydroxyl groups is 1. The van der Waals surface area contributed by atoms with Gasteiger partial charge in [0.2, 0.25) is 11.8 Å². The fraction of sp³-hybridized carbons (Fsp3) is 0.536. The van der Waals surface area contributed by atoms with Crippen LogP contribution in [0.4, 0.5) is 14.5 Å². The quantitative estimate of drug-likeness (QED) is 0.538. The Bertz CT molecular complexity index is 1200. The number of carbonyl (C=O) groups excluding carboxylic acids is 2. The summed E-state index contributed by atoms with van der Waals surface area (Å²) in [5.74, 6) is -3.86. The van der Waals surface area contributed by atoms with Crippen LogP contribution in [-0.4, -0.2) is 62.4 Å². The Balaban J connectivity index is 1.76. The molecule has 3 unspecified atom stereocenters. The van der Waals surface area contributed by atoms with E-state index in [1.54, 1.807) is 12.1 Å². The number of amides is 2. The van der Waals surface area contributed by atoms with Crippen LogP contribution in [-0.2, 0) is 15.0 Å². The largest absolute Gasteiger partial charge is 0.391 e. The number of nitrogens with one attached hydrogen (secondary N) is 1. The molecule has 2 amide bonds. The second kappa shape index (κ2) is 11.2. The molecule has 4 rings (SSSR count). The van der Waals surface area contributed by atoms with Crippen LogP contribution in [0.5, 0.6) is 0 Å². The van der Waals surface area contributed by atoms with Crippen molar-refractivity contribution in [3.63, 3.8) is 0 Å². The molecule has 1 aromatic carbocycles. The number of halogens is 2. The third-order valence-corrected chi connectivity index (χ3v) is 7.41. The number of likely N-dealkylation sites (tertiary alicyclic amines) is 1. The van der Waals surface area contributed by atoms with Gasteiger partial charge in [0.15, 0.2) is 6.19 Å². The van der Waals surface area contributed by atoms with Gasteiger partial charge in [-0.05, 0) is 36.0 Å². The van der Waals surface area contributed by atoms with Gasteiger partial charge in [-0.2, -0.15) is 5.26 Å². The van der Waals surface area contributed by atoms with Gasteiger partial charge in [0.1, 0.15) is 18.4 Å². The van der Waals surface area contributed by atoms with Crippen LogP contribution in [0.2, 0.25) is 0 Å². The zero-order chi connectivity index (χ0) is 28.4. The summed E-state index contributed by atoms with van der Waals surface area (Å²) in [4.78, 5) is 38.6. The molecule has 1 aliphatic heterocycles. The third kappa shape index (κ3) is 6.50. The number of β-amino-alcohol motifs (C(OH)–C–C–N with tert-alkyl or cyclic N) is 1. The monoisotopic (exact) mass is 540 g/mol. The maximum atomic E-state index is 14.1. The highest BCUT2D eigenvalue weighted by molar-refractivity contribution is 6.04. The first-order valence-corrected chi connectivity index (χ1v) is 13.1. The highest BCUT2D eigenvalue weighted by Crippen LogP contribution is 2.35. The smallest absolute Gasteiger partial charge is 0.251 e. The number of nitriles is 1. The number of carbonyl (C=O) groups is 2. The Kier molecular flexibility index (Phi) is 8.16. The molecule has 0 bridgehead atoms. The van der Waals surface area contributed by atoms with Crippen molar-refractivity contribution in [2.75, 3.05) is 11.4 Å². The number of hydrogen-bond donors (Lipinski definition) is 2. The number of anilines is 1. The van der Waals surface area contributed by atoms with Crippen LogP contribution in [0.1, 0.15) is 70.0 Å². The van der Waals surface area contributed by atoms with Crippen LogP contribution in [0, 0.1) is 11.5 Å². The lowest BCUT2D eigenvalue weighted by molar-refractivity contribution is -0.129. The van der Waals surface area contributed by atoms with E-state index in [-0.39, 0.29) is 44.1 Å². The van der Waals surface area contributed by atoms with Gasteiger partial charge in [-0.25, -0.2) is 18.7 Å². The van der Waals surface area contributed by atoms with Crippen LogP contribution >= 0.6 is 0 Å². The van der Waals surface area contributed by atoms with Gasteiger partial charge in [0, 0.05) is 48.9 Å². The molecule has 3 atom stereocenters. The molecular weight excluding hydrogens is 506 g/mol. The van der Waals surface area contributed by atoms with E-state index in [1.807, 2.05) is 18.3 Å². The van der Waals surface area contributed by atoms with Crippen molar-refractivity contribution < 1.29 is 23.5 Å². The van der Waals surface area contributed by atoms with Crippen molar-refractivity contribution in [3.05, 3.63) is 54.1 Å². The summed E-state index contributed by atoms with van der Waals surface area (Å²) in [6.07, 6.45) is 4.86. The molecule has 39 heavy (non-hydrogen) atoms. The molecule has 0 spiro atoms. The van der Waals surface area contributed by atoms with E-state index in [2.05, 4.69) is 36.1 Å². The van der Waals surface area contributed by atoms with Crippen molar-refractivity contribution in [2.24, 2.45) is 0 Å². The van der Waals surface area contributed by atoms with Gasteiger partial charge in [0.25, 0.3) is 5.91 Å². The van der Waals surface area contributed by atoms with E-state index in [4.69, 9.17) is 0 Å². The van der Waals surface area contributed by atoms with Gasteiger partial charge in [0.05, 0.1) is 12.6 Å². The summed E-state index contributed by atoms with van der Waals surface area (Å²) >= 11 is 0. The number of alkyl halides is 2. The topological polar surface area (TPSA) is 122 Å². The van der Waals surface area contributed by atoms with Crippen LogP contribution in [0.15, 0.2) is 43.0 Å². The van der Waals surface area contributed by atoms with Gasteiger partial charge in [-0.3, -0.25) is 19.4 Å². The molecule has 2 fully saturated rings. The fourth-order valence-corrected chi connectivity index (χ4v) is 5.18. The van der Waals surface area contributed by atoms with Crippen molar-refractivity contribution in [2.45, 2.75) is 88.4 Å². The second-order valence-corrected chi connectivity index (χ2v) is 11.4. The predicted octanol–water partition coefficient (Wildman–Crippen LogP) is 3.46. The highest BCUT2D eigenvalue weighted by atomic mass is 19.3. The fourth-order valence-electron chi connectivity index (χ4n) is 5.18. The van der Waals surface area contributed by atoms with Crippen molar-refractivity contribution in [1.82, 2.24) is 20.2 Å². The van der Waals surface area contributed by atoms with Crippen molar-refractivity contribution in [1.29, 1.82) is 5.26 Å². The molecule has 1 saturated carbocycles. The van der Waals surface area contributed by atoms with E-state index < -0.39 is 42.0 Å². The Morgan fingerprint density at radius 2 is 1.79 bits per heavy atom. The minimum absolute atomic E-state index is 0.00526. The maximum Gasteiger partial charge on any atom is 0.251 e. The first-order valence-electron chi connectivity index (χ1n) is 13.1. The minimum atomic E-state index is -2.76. The summed E-state index contributed by atoms with van der Waals surface area (Å²) in [5.41, 5.74) is 1.59. The molecule has 208 valence electrons. The normalized spacial score (nSPS) is 22.1. The number of aromatic nitrogens is 2. The van der Waals surface area contributed by atoms with E-state index in [0.29, 0.717) is 11.3 Å². The Hall–Kier alpha value is -3.65. The molecule has 1 aliphatic carbocycles. The zero-order valence-electron chi connectivity index (χ0n) is 22.3. The molecule has 2 heterocycles. The highest BCUT2D eigenvalue weighted by Gasteiger charge is 2.44. The number of nitrogens with zero attached hydrogens (tertiary/aromatic N) is 5. The van der Waals surface area contributed by atoms with Gasteiger partial charge >= 0.3 is 0 Å². The summed E-state index contributed by atoms with van der Waals surface area (Å²) in [6, 6.07) is 4.54. The number of benzene rings is 1. The van der Waals surface area contributed by atoms with Gasteiger partial charge < -0.3 is 10.4 Å². The summed E-state index contributed by atoms with van der Waals surface area (Å²) in [7, 11) is 0. The zero-order valence-corrected chi connectivity index (χ0v) is 22.3. The van der Waals surface area contributed by atoms with E-state index in [9.17, 15) is 28.7 Å². The number of hydrogen-bond acceptors (Lipinski definition) is 7. The first kappa shape index (κ1) is 28.4. The van der Waals surface area contributed by atoms with Crippen molar-refractivity contribution >= 4 is 17.5 Å². The Morgan fingerprint density at radius 3 is 2.36 bits per heavy atom. The molecule has 2 N–H and O–H groups in total. The predicted molar refractivity (Wildman–Crippen MR) is 139 cm³/mol. The molecular formula is C28H34F2N6O3. The third-order valence-electron chi connectivity index (χ3n) is 7.41.